The molecule has 0 spiro atoms. The maximum atomic E-state index is 11.1. The first-order valence-corrected chi connectivity index (χ1v) is 5.93. The van der Waals surface area contributed by atoms with Gasteiger partial charge in [-0.15, -0.1) is 0 Å². The van der Waals surface area contributed by atoms with E-state index in [9.17, 15) is 4.79 Å². The van der Waals surface area contributed by atoms with Gasteiger partial charge >= 0.3 is 5.97 Å². The number of carbonyl (C=O) groups excluding carboxylic acids is 1. The van der Waals surface area contributed by atoms with Crippen LogP contribution in [0.25, 0.3) is 0 Å². The largest absolute Gasteiger partial charge is 0.469 e. The predicted octanol–water partition coefficient (Wildman–Crippen LogP) is 3.08. The molecule has 1 rings (SSSR count). The number of methoxy groups -OCH3 is 1. The fourth-order valence-electron chi connectivity index (χ4n) is 1.15. The van der Waals surface area contributed by atoms with Crippen molar-refractivity contribution in [1.29, 1.82) is 0 Å². The Morgan fingerprint density at radius 2 is 2.21 bits per heavy atom. The molecular formula is C10H10BrIO2. The third-order valence-corrected chi connectivity index (χ3v) is 4.34. The maximum Gasteiger partial charge on any atom is 0.310 e. The van der Waals surface area contributed by atoms with E-state index in [1.807, 2.05) is 13.0 Å². The second-order valence-corrected chi connectivity index (χ2v) is 4.93. The lowest BCUT2D eigenvalue weighted by atomic mass is 10.1. The molecule has 2 nitrogen and oxygen atoms in total. The van der Waals surface area contributed by atoms with Crippen LogP contribution in [0.5, 0.6) is 0 Å². The lowest BCUT2D eigenvalue weighted by Crippen LogP contribution is -2.05. The molecule has 1 aromatic carbocycles. The second-order valence-electron chi connectivity index (χ2n) is 2.97. The molecule has 1 aromatic rings. The van der Waals surface area contributed by atoms with Crippen molar-refractivity contribution in [2.24, 2.45) is 0 Å². The molecule has 0 amide bonds. The molecule has 0 atom stereocenters. The lowest BCUT2D eigenvalue weighted by molar-refractivity contribution is -0.139. The molecular weight excluding hydrogens is 359 g/mol. The number of esters is 1. The molecule has 0 bridgehead atoms. The van der Waals surface area contributed by atoms with E-state index < -0.39 is 0 Å². The van der Waals surface area contributed by atoms with E-state index in [1.54, 1.807) is 0 Å². The van der Waals surface area contributed by atoms with Gasteiger partial charge in [0.2, 0.25) is 0 Å². The number of hydrogen-bond acceptors (Lipinski definition) is 2. The van der Waals surface area contributed by atoms with Crippen LogP contribution in [-0.2, 0) is 16.0 Å². The van der Waals surface area contributed by atoms with Gasteiger partial charge < -0.3 is 4.74 Å². The molecule has 0 saturated carbocycles. The molecule has 76 valence electrons. The maximum absolute atomic E-state index is 11.1. The van der Waals surface area contributed by atoms with Gasteiger partial charge in [0.25, 0.3) is 0 Å². The van der Waals surface area contributed by atoms with Crippen molar-refractivity contribution in [3.8, 4) is 0 Å². The van der Waals surface area contributed by atoms with Crippen LogP contribution in [0.2, 0.25) is 0 Å². The first-order chi connectivity index (χ1) is 6.54. The Bertz CT molecular complexity index is 363. The summed E-state index contributed by atoms with van der Waals surface area (Å²) in [6, 6.07) is 4.05. The normalized spacial score (nSPS) is 10.0. The highest BCUT2D eigenvalue weighted by atomic mass is 127. The summed E-state index contributed by atoms with van der Waals surface area (Å²) in [5, 5.41) is 0. The predicted molar refractivity (Wildman–Crippen MR) is 67.3 cm³/mol. The van der Waals surface area contributed by atoms with Crippen LogP contribution in [0.1, 0.15) is 11.1 Å². The van der Waals surface area contributed by atoms with Gasteiger partial charge in [-0.1, -0.05) is 6.07 Å². The number of halogens is 2. The Morgan fingerprint density at radius 3 is 2.79 bits per heavy atom. The van der Waals surface area contributed by atoms with E-state index >= 15 is 0 Å². The average Bonchev–Trinajstić information content (AvgIpc) is 2.13. The number of hydrogen-bond donors (Lipinski definition) is 0. The molecule has 0 unspecified atom stereocenters. The van der Waals surface area contributed by atoms with Gasteiger partial charge in [-0.3, -0.25) is 4.79 Å². The zero-order chi connectivity index (χ0) is 10.7. The van der Waals surface area contributed by atoms with Gasteiger partial charge in [0, 0.05) is 8.04 Å². The molecule has 4 heteroatoms. The van der Waals surface area contributed by atoms with Gasteiger partial charge in [-0.25, -0.2) is 0 Å². The van der Waals surface area contributed by atoms with Crippen LogP contribution >= 0.6 is 38.5 Å². The van der Waals surface area contributed by atoms with E-state index in [1.165, 1.54) is 7.11 Å². The van der Waals surface area contributed by atoms with Crippen molar-refractivity contribution in [1.82, 2.24) is 0 Å². The molecule has 0 fully saturated rings. The lowest BCUT2D eigenvalue weighted by Gasteiger charge is -2.06. The van der Waals surface area contributed by atoms with Crippen molar-refractivity contribution >= 4 is 44.5 Å². The Morgan fingerprint density at radius 1 is 1.57 bits per heavy atom. The van der Waals surface area contributed by atoms with E-state index in [4.69, 9.17) is 0 Å². The summed E-state index contributed by atoms with van der Waals surface area (Å²) in [4.78, 5) is 11.1. The number of aryl methyl sites for hydroxylation is 1. The molecule has 0 aliphatic carbocycles. The molecule has 0 radical (unpaired) electrons. The summed E-state index contributed by atoms with van der Waals surface area (Å²) in [6.45, 7) is 2.01. The smallest absolute Gasteiger partial charge is 0.310 e. The number of benzene rings is 1. The highest BCUT2D eigenvalue weighted by Crippen LogP contribution is 2.25. The molecule has 0 aliphatic rings. The standard InChI is InChI=1S/C10H10BrIO2/c1-6-3-7(5-9(13)14-2)10(11)8(12)4-6/h3-4H,5H2,1-2H3. The van der Waals surface area contributed by atoms with Crippen molar-refractivity contribution in [3.05, 3.63) is 31.3 Å². The first-order valence-electron chi connectivity index (χ1n) is 4.06. The minimum atomic E-state index is -0.216. The van der Waals surface area contributed by atoms with Crippen LogP contribution in [0.4, 0.5) is 0 Å². The Balaban J connectivity index is 3.02. The topological polar surface area (TPSA) is 26.3 Å². The fraction of sp³-hybridized carbons (Fsp3) is 0.300. The molecule has 0 aromatic heterocycles. The zero-order valence-corrected chi connectivity index (χ0v) is 11.7. The van der Waals surface area contributed by atoms with Gasteiger partial charge in [0.15, 0.2) is 0 Å². The van der Waals surface area contributed by atoms with Crippen molar-refractivity contribution in [2.45, 2.75) is 13.3 Å². The van der Waals surface area contributed by atoms with E-state index in [-0.39, 0.29) is 5.97 Å². The average molecular weight is 369 g/mol. The van der Waals surface area contributed by atoms with Gasteiger partial charge in [-0.2, -0.15) is 0 Å². The van der Waals surface area contributed by atoms with E-state index in [0.29, 0.717) is 6.42 Å². The molecule has 0 heterocycles. The number of rotatable bonds is 2. The van der Waals surface area contributed by atoms with Crippen LogP contribution < -0.4 is 0 Å². The summed E-state index contributed by atoms with van der Waals surface area (Å²) in [5.41, 5.74) is 2.12. The van der Waals surface area contributed by atoms with Gasteiger partial charge in [-0.05, 0) is 62.6 Å². The highest BCUT2D eigenvalue weighted by Gasteiger charge is 2.09. The van der Waals surface area contributed by atoms with E-state index in [2.05, 4.69) is 49.3 Å². The second kappa shape index (κ2) is 5.11. The van der Waals surface area contributed by atoms with Crippen molar-refractivity contribution < 1.29 is 9.53 Å². The van der Waals surface area contributed by atoms with Gasteiger partial charge in [0.1, 0.15) is 0 Å². The van der Waals surface area contributed by atoms with Crippen LogP contribution in [0.15, 0.2) is 16.6 Å². The first kappa shape index (κ1) is 12.0. The fourth-order valence-corrected chi connectivity index (χ4v) is 2.36. The van der Waals surface area contributed by atoms with Crippen molar-refractivity contribution in [3.63, 3.8) is 0 Å². The van der Waals surface area contributed by atoms with Crippen LogP contribution in [-0.4, -0.2) is 13.1 Å². The minimum Gasteiger partial charge on any atom is -0.469 e. The third kappa shape index (κ3) is 2.95. The van der Waals surface area contributed by atoms with Crippen LogP contribution in [0, 0.1) is 10.5 Å². The SMILES string of the molecule is COC(=O)Cc1cc(C)cc(I)c1Br. The van der Waals surface area contributed by atoms with Gasteiger partial charge in [0.05, 0.1) is 13.5 Å². The summed E-state index contributed by atoms with van der Waals surface area (Å²) in [5.74, 6) is -0.216. The Labute approximate surface area is 105 Å². The Kier molecular flexibility index (Phi) is 4.37. The minimum absolute atomic E-state index is 0.216. The summed E-state index contributed by atoms with van der Waals surface area (Å²) in [7, 11) is 1.40. The molecule has 0 N–H and O–H groups in total. The molecule has 14 heavy (non-hydrogen) atoms. The molecule has 0 saturated heterocycles. The quantitative estimate of drug-likeness (QED) is 0.592. The van der Waals surface area contributed by atoms with Crippen molar-refractivity contribution in [2.75, 3.05) is 7.11 Å². The Hall–Kier alpha value is -0.100. The number of ether oxygens (including phenoxy) is 1. The monoisotopic (exact) mass is 368 g/mol. The van der Waals surface area contributed by atoms with E-state index in [0.717, 1.165) is 19.2 Å². The molecule has 0 aliphatic heterocycles. The van der Waals surface area contributed by atoms with Crippen LogP contribution in [0.3, 0.4) is 0 Å². The summed E-state index contributed by atoms with van der Waals surface area (Å²) in [6.07, 6.45) is 0.314. The highest BCUT2D eigenvalue weighted by molar-refractivity contribution is 14.1. The zero-order valence-electron chi connectivity index (χ0n) is 7.93. The third-order valence-electron chi connectivity index (χ3n) is 1.81. The number of carbonyl (C=O) groups is 1. The summed E-state index contributed by atoms with van der Waals surface area (Å²) >= 11 is 5.69. The summed E-state index contributed by atoms with van der Waals surface area (Å²) < 4.78 is 6.72.